The van der Waals surface area contributed by atoms with E-state index in [9.17, 15) is 8.42 Å². The Balaban J connectivity index is 2.67. The second-order valence-electron chi connectivity index (χ2n) is 3.09. The van der Waals surface area contributed by atoms with Crippen LogP contribution in [0.15, 0.2) is 0 Å². The first-order valence-electron chi connectivity index (χ1n) is 4.15. The molecule has 1 aliphatic heterocycles. The molecule has 1 rings (SSSR count). The van der Waals surface area contributed by atoms with Gasteiger partial charge in [-0.2, -0.15) is 0 Å². The number of ether oxygens (including phenoxy) is 1. The van der Waals surface area contributed by atoms with E-state index in [1.165, 1.54) is 6.92 Å². The van der Waals surface area contributed by atoms with Gasteiger partial charge in [-0.3, -0.25) is 0 Å². The molecule has 0 saturated carbocycles. The molecule has 0 spiro atoms. The van der Waals surface area contributed by atoms with Crippen LogP contribution < -0.4 is 5.73 Å². The van der Waals surface area contributed by atoms with Crippen molar-refractivity contribution in [1.29, 1.82) is 0 Å². The summed E-state index contributed by atoms with van der Waals surface area (Å²) in [6.07, 6.45) is 2.45. The lowest BCUT2D eigenvalue weighted by molar-refractivity contribution is 0.0656. The molecule has 0 aromatic heterocycles. The van der Waals surface area contributed by atoms with Crippen LogP contribution in [0.4, 0.5) is 0 Å². The van der Waals surface area contributed by atoms with Gasteiger partial charge < -0.3 is 10.5 Å². The lowest BCUT2D eigenvalue weighted by Gasteiger charge is -2.23. The molecule has 2 N–H and O–H groups in total. The van der Waals surface area contributed by atoms with Gasteiger partial charge in [0.25, 0.3) is 0 Å². The highest BCUT2D eigenvalue weighted by atomic mass is 32.2. The molecule has 2 unspecified atom stereocenters. The maximum absolute atomic E-state index is 11.4. The molecule has 0 aromatic carbocycles. The molecular weight excluding hydrogens is 178 g/mol. The standard InChI is InChI=1S/C7H15NO3S/c1-6(8)12(9,10)7-4-2-3-5-11-7/h6-7H,2-5,8H2,1H3. The second kappa shape index (κ2) is 3.72. The topological polar surface area (TPSA) is 69.4 Å². The quantitative estimate of drug-likeness (QED) is 0.681. The van der Waals surface area contributed by atoms with Crippen LogP contribution >= 0.6 is 0 Å². The van der Waals surface area contributed by atoms with Gasteiger partial charge in [-0.05, 0) is 26.2 Å². The fourth-order valence-electron chi connectivity index (χ4n) is 1.21. The van der Waals surface area contributed by atoms with Crippen molar-refractivity contribution in [1.82, 2.24) is 0 Å². The highest BCUT2D eigenvalue weighted by Gasteiger charge is 2.31. The van der Waals surface area contributed by atoms with Crippen LogP contribution in [-0.4, -0.2) is 25.8 Å². The normalized spacial score (nSPS) is 28.3. The van der Waals surface area contributed by atoms with Gasteiger partial charge in [0.05, 0.1) is 0 Å². The SMILES string of the molecule is CC(N)S(=O)(=O)C1CCCCO1. The van der Waals surface area contributed by atoms with E-state index >= 15 is 0 Å². The maximum atomic E-state index is 11.4. The van der Waals surface area contributed by atoms with E-state index in [1.807, 2.05) is 0 Å². The molecular formula is C7H15NO3S. The van der Waals surface area contributed by atoms with Crippen molar-refractivity contribution < 1.29 is 13.2 Å². The number of hydrogen-bond acceptors (Lipinski definition) is 4. The largest absolute Gasteiger partial charge is 0.362 e. The van der Waals surface area contributed by atoms with Crippen molar-refractivity contribution in [2.45, 2.75) is 37.0 Å². The average Bonchev–Trinajstić information content (AvgIpc) is 2.06. The Bertz CT molecular complexity index is 229. The molecule has 0 aliphatic carbocycles. The summed E-state index contributed by atoms with van der Waals surface area (Å²) in [6.45, 7) is 2.02. The fourth-order valence-corrected chi connectivity index (χ4v) is 2.47. The predicted octanol–water partition coefficient (Wildman–Crippen LogP) is 0.233. The molecule has 2 atom stereocenters. The van der Waals surface area contributed by atoms with Crippen LogP contribution in [0.2, 0.25) is 0 Å². The van der Waals surface area contributed by atoms with Crippen LogP contribution in [-0.2, 0) is 14.6 Å². The minimum absolute atomic E-state index is 0.538. The Morgan fingerprint density at radius 2 is 2.17 bits per heavy atom. The van der Waals surface area contributed by atoms with Gasteiger partial charge in [-0.1, -0.05) is 0 Å². The highest BCUT2D eigenvalue weighted by molar-refractivity contribution is 7.92. The summed E-state index contributed by atoms with van der Waals surface area (Å²) in [5.41, 5.74) is 4.67. The Hall–Kier alpha value is -0.130. The van der Waals surface area contributed by atoms with E-state index in [-0.39, 0.29) is 0 Å². The third kappa shape index (κ3) is 1.97. The second-order valence-corrected chi connectivity index (χ2v) is 5.54. The Morgan fingerprint density at radius 3 is 2.58 bits per heavy atom. The highest BCUT2D eigenvalue weighted by Crippen LogP contribution is 2.19. The third-order valence-corrected chi connectivity index (χ3v) is 4.16. The zero-order chi connectivity index (χ0) is 9.19. The van der Waals surface area contributed by atoms with Crippen molar-refractivity contribution in [3.8, 4) is 0 Å². The van der Waals surface area contributed by atoms with Crippen molar-refractivity contribution in [3.05, 3.63) is 0 Å². The molecule has 1 aliphatic rings. The van der Waals surface area contributed by atoms with E-state index in [0.29, 0.717) is 13.0 Å². The van der Waals surface area contributed by atoms with E-state index in [4.69, 9.17) is 10.5 Å². The summed E-state index contributed by atoms with van der Waals surface area (Å²) < 4.78 is 28.0. The lowest BCUT2D eigenvalue weighted by atomic mass is 10.2. The van der Waals surface area contributed by atoms with Gasteiger partial charge in [0, 0.05) is 6.61 Å². The summed E-state index contributed by atoms with van der Waals surface area (Å²) >= 11 is 0. The molecule has 0 radical (unpaired) electrons. The molecule has 1 saturated heterocycles. The molecule has 5 heteroatoms. The summed E-state index contributed by atoms with van der Waals surface area (Å²) in [4.78, 5) is 0. The molecule has 0 aromatic rings. The Morgan fingerprint density at radius 1 is 1.50 bits per heavy atom. The zero-order valence-corrected chi connectivity index (χ0v) is 8.01. The number of nitrogens with two attached hydrogens (primary N) is 1. The first kappa shape index (κ1) is 9.95. The molecule has 12 heavy (non-hydrogen) atoms. The van der Waals surface area contributed by atoms with Crippen LogP contribution in [0.3, 0.4) is 0 Å². The van der Waals surface area contributed by atoms with Gasteiger partial charge >= 0.3 is 0 Å². The Kier molecular flexibility index (Phi) is 3.09. The predicted molar refractivity (Wildman–Crippen MR) is 46.2 cm³/mol. The van der Waals surface area contributed by atoms with Crippen molar-refractivity contribution >= 4 is 9.84 Å². The number of sulfone groups is 1. The number of rotatable bonds is 2. The third-order valence-electron chi connectivity index (χ3n) is 2.02. The molecule has 0 amide bonds. The average molecular weight is 193 g/mol. The van der Waals surface area contributed by atoms with E-state index in [1.54, 1.807) is 0 Å². The van der Waals surface area contributed by atoms with E-state index in [0.717, 1.165) is 12.8 Å². The Labute approximate surface area is 73.0 Å². The van der Waals surface area contributed by atoms with Crippen molar-refractivity contribution in [2.24, 2.45) is 5.73 Å². The van der Waals surface area contributed by atoms with Crippen LogP contribution in [0, 0.1) is 0 Å². The molecule has 1 fully saturated rings. The summed E-state index contributed by atoms with van der Waals surface area (Å²) in [7, 11) is -3.24. The maximum Gasteiger partial charge on any atom is 0.192 e. The van der Waals surface area contributed by atoms with Gasteiger partial charge in [-0.25, -0.2) is 8.42 Å². The molecule has 0 bridgehead atoms. The first-order chi connectivity index (χ1) is 5.55. The van der Waals surface area contributed by atoms with Crippen LogP contribution in [0.5, 0.6) is 0 Å². The van der Waals surface area contributed by atoms with Gasteiger partial charge in [0.2, 0.25) is 0 Å². The number of hydrogen-bond donors (Lipinski definition) is 1. The van der Waals surface area contributed by atoms with Gasteiger partial charge in [-0.15, -0.1) is 0 Å². The van der Waals surface area contributed by atoms with Crippen LogP contribution in [0.1, 0.15) is 26.2 Å². The van der Waals surface area contributed by atoms with E-state index < -0.39 is 20.6 Å². The zero-order valence-electron chi connectivity index (χ0n) is 7.19. The summed E-state index contributed by atoms with van der Waals surface area (Å²) in [5, 5.41) is -0.819. The monoisotopic (exact) mass is 193 g/mol. The minimum atomic E-state index is -3.24. The molecule has 4 nitrogen and oxygen atoms in total. The van der Waals surface area contributed by atoms with Crippen molar-refractivity contribution in [3.63, 3.8) is 0 Å². The molecule has 1 heterocycles. The van der Waals surface area contributed by atoms with Crippen LogP contribution in [0.25, 0.3) is 0 Å². The lowest BCUT2D eigenvalue weighted by Crippen LogP contribution is -2.39. The smallest absolute Gasteiger partial charge is 0.192 e. The molecule has 72 valence electrons. The first-order valence-corrected chi connectivity index (χ1v) is 5.76. The van der Waals surface area contributed by atoms with Gasteiger partial charge in [0.15, 0.2) is 15.3 Å². The van der Waals surface area contributed by atoms with E-state index in [2.05, 4.69) is 0 Å². The minimum Gasteiger partial charge on any atom is -0.362 e. The fraction of sp³-hybridized carbons (Fsp3) is 1.00. The summed E-state index contributed by atoms with van der Waals surface area (Å²) in [6, 6.07) is 0. The van der Waals surface area contributed by atoms with Crippen molar-refractivity contribution in [2.75, 3.05) is 6.61 Å². The summed E-state index contributed by atoms with van der Waals surface area (Å²) in [5.74, 6) is 0. The van der Waals surface area contributed by atoms with Gasteiger partial charge in [0.1, 0.15) is 5.37 Å².